The average Bonchev–Trinajstić information content (AvgIpc) is 2.62. The summed E-state index contributed by atoms with van der Waals surface area (Å²) in [6.07, 6.45) is 4.04. The maximum atomic E-state index is 11.6. The number of aromatic carboxylic acids is 3. The van der Waals surface area contributed by atoms with Gasteiger partial charge < -0.3 is 20.1 Å². The van der Waals surface area contributed by atoms with Gasteiger partial charge in [0, 0.05) is 0 Å². The first-order chi connectivity index (χ1) is 13.2. The molecule has 7 heteroatoms. The molecule has 7 nitrogen and oxygen atoms in total. The van der Waals surface area contributed by atoms with Gasteiger partial charge in [0.05, 0.1) is 29.4 Å². The van der Waals surface area contributed by atoms with Crippen molar-refractivity contribution in [1.82, 2.24) is 0 Å². The lowest BCUT2D eigenvalue weighted by Gasteiger charge is -2.19. The minimum atomic E-state index is -1.45. The van der Waals surface area contributed by atoms with Crippen LogP contribution in [0.3, 0.4) is 0 Å². The quantitative estimate of drug-likeness (QED) is 0.429. The molecule has 0 aliphatic carbocycles. The third-order valence-corrected chi connectivity index (χ3v) is 4.39. The Kier molecular flexibility index (Phi) is 9.38. The highest BCUT2D eigenvalue weighted by atomic mass is 16.5. The van der Waals surface area contributed by atoms with Crippen molar-refractivity contribution in [2.45, 2.75) is 58.5 Å². The number of rotatable bonds is 13. The number of unbranched alkanes of at least 4 members (excludes halogenated alkanes) is 1. The van der Waals surface area contributed by atoms with E-state index < -0.39 is 29.0 Å². The van der Waals surface area contributed by atoms with E-state index in [2.05, 4.69) is 13.5 Å². The predicted molar refractivity (Wildman–Crippen MR) is 104 cm³/mol. The Balaban J connectivity index is 3.06. The van der Waals surface area contributed by atoms with E-state index in [1.807, 2.05) is 6.92 Å². The predicted octanol–water partition coefficient (Wildman–Crippen LogP) is 4.26. The van der Waals surface area contributed by atoms with E-state index in [4.69, 9.17) is 4.74 Å². The fourth-order valence-electron chi connectivity index (χ4n) is 3.04. The van der Waals surface area contributed by atoms with Gasteiger partial charge in [0.25, 0.3) is 0 Å². The molecule has 0 saturated heterocycles. The summed E-state index contributed by atoms with van der Waals surface area (Å²) in [7, 11) is 0. The van der Waals surface area contributed by atoms with Crippen LogP contribution < -0.4 is 0 Å². The van der Waals surface area contributed by atoms with Crippen LogP contribution in [0, 0.1) is 0 Å². The van der Waals surface area contributed by atoms with Gasteiger partial charge in [-0.2, -0.15) is 0 Å². The maximum absolute atomic E-state index is 11.6. The van der Waals surface area contributed by atoms with Crippen LogP contribution in [0.15, 0.2) is 24.3 Å². The molecule has 0 heterocycles. The SMILES string of the molecule is C=C(C)COC(CCCC)CCCc1c(C(=O)O)ccc(C(=O)O)c1C(=O)O. The largest absolute Gasteiger partial charge is 0.478 e. The van der Waals surface area contributed by atoms with E-state index in [9.17, 15) is 29.7 Å². The number of benzene rings is 1. The van der Waals surface area contributed by atoms with Gasteiger partial charge >= 0.3 is 17.9 Å². The molecule has 0 spiro atoms. The van der Waals surface area contributed by atoms with Crippen molar-refractivity contribution in [2.75, 3.05) is 6.61 Å². The summed E-state index contributed by atoms with van der Waals surface area (Å²) in [5.41, 5.74) is -0.115. The third kappa shape index (κ3) is 6.81. The summed E-state index contributed by atoms with van der Waals surface area (Å²) in [5, 5.41) is 28.1. The van der Waals surface area contributed by atoms with Crippen molar-refractivity contribution in [2.24, 2.45) is 0 Å². The molecule has 0 radical (unpaired) electrons. The standard InChI is InChI=1S/C21H28O7/c1-4-5-7-14(28-12-13(2)3)8-6-9-15-16(19(22)23)10-11-17(20(24)25)18(15)21(26)27/h10-11,14H,2,4-9,12H2,1,3H3,(H,22,23)(H,24,25)(H,26,27). The number of hydrogen-bond donors (Lipinski definition) is 3. The minimum Gasteiger partial charge on any atom is -0.478 e. The highest BCUT2D eigenvalue weighted by Gasteiger charge is 2.25. The zero-order valence-electron chi connectivity index (χ0n) is 16.4. The first-order valence-corrected chi connectivity index (χ1v) is 9.30. The van der Waals surface area contributed by atoms with E-state index >= 15 is 0 Å². The van der Waals surface area contributed by atoms with Crippen LogP contribution in [-0.4, -0.2) is 45.9 Å². The van der Waals surface area contributed by atoms with Gasteiger partial charge in [-0.1, -0.05) is 31.9 Å². The van der Waals surface area contributed by atoms with E-state index in [1.54, 1.807) is 0 Å². The highest BCUT2D eigenvalue weighted by molar-refractivity contribution is 6.05. The third-order valence-electron chi connectivity index (χ3n) is 4.39. The van der Waals surface area contributed by atoms with Gasteiger partial charge in [-0.15, -0.1) is 0 Å². The Morgan fingerprint density at radius 3 is 2.07 bits per heavy atom. The fraction of sp³-hybridized carbons (Fsp3) is 0.476. The van der Waals surface area contributed by atoms with Gasteiger partial charge in [0.1, 0.15) is 0 Å². The van der Waals surface area contributed by atoms with E-state index in [0.29, 0.717) is 19.4 Å². The summed E-state index contributed by atoms with van der Waals surface area (Å²) >= 11 is 0. The molecule has 154 valence electrons. The Bertz CT molecular complexity index is 737. The van der Waals surface area contributed by atoms with Gasteiger partial charge in [-0.05, 0) is 50.3 Å². The van der Waals surface area contributed by atoms with E-state index in [1.165, 1.54) is 0 Å². The number of carbonyl (C=O) groups is 3. The van der Waals surface area contributed by atoms with Crippen molar-refractivity contribution in [3.05, 3.63) is 46.5 Å². The fourth-order valence-corrected chi connectivity index (χ4v) is 3.04. The van der Waals surface area contributed by atoms with Crippen molar-refractivity contribution < 1.29 is 34.4 Å². The number of ether oxygens (including phenoxy) is 1. The lowest BCUT2D eigenvalue weighted by atomic mass is 9.91. The second-order valence-corrected chi connectivity index (χ2v) is 6.85. The molecule has 0 fully saturated rings. The molecule has 1 aromatic rings. The summed E-state index contributed by atoms with van der Waals surface area (Å²) in [6, 6.07) is 2.18. The lowest BCUT2D eigenvalue weighted by molar-refractivity contribution is 0.0542. The van der Waals surface area contributed by atoms with Gasteiger partial charge in [0.15, 0.2) is 0 Å². The van der Waals surface area contributed by atoms with Crippen LogP contribution in [0.1, 0.15) is 82.6 Å². The second kappa shape index (κ2) is 11.2. The Morgan fingerprint density at radius 2 is 1.57 bits per heavy atom. The summed E-state index contributed by atoms with van der Waals surface area (Å²) in [6.45, 7) is 8.19. The number of carboxylic acid groups (broad SMARTS) is 3. The maximum Gasteiger partial charge on any atom is 0.336 e. The number of carboxylic acids is 3. The molecule has 1 rings (SSSR count). The normalized spacial score (nSPS) is 11.8. The molecule has 1 unspecified atom stereocenters. The summed E-state index contributed by atoms with van der Waals surface area (Å²) in [5.74, 6) is -4.13. The molecule has 28 heavy (non-hydrogen) atoms. The average molecular weight is 392 g/mol. The van der Waals surface area contributed by atoms with Gasteiger partial charge in [0.2, 0.25) is 0 Å². The highest BCUT2D eigenvalue weighted by Crippen LogP contribution is 2.24. The van der Waals surface area contributed by atoms with Crippen LogP contribution in [0.5, 0.6) is 0 Å². The first-order valence-electron chi connectivity index (χ1n) is 9.30. The molecule has 0 aromatic heterocycles. The van der Waals surface area contributed by atoms with E-state index in [0.717, 1.165) is 37.0 Å². The smallest absolute Gasteiger partial charge is 0.336 e. The van der Waals surface area contributed by atoms with Crippen LogP contribution in [-0.2, 0) is 11.2 Å². The minimum absolute atomic E-state index is 0.0362. The summed E-state index contributed by atoms with van der Waals surface area (Å²) < 4.78 is 5.83. The molecule has 0 bridgehead atoms. The van der Waals surface area contributed by atoms with Crippen LogP contribution in [0.2, 0.25) is 0 Å². The Labute approximate surface area is 164 Å². The molecule has 0 saturated carbocycles. The molecule has 0 aliphatic heterocycles. The van der Waals surface area contributed by atoms with Gasteiger partial charge in [-0.25, -0.2) is 14.4 Å². The molecule has 0 amide bonds. The molecule has 3 N–H and O–H groups in total. The molecule has 1 aromatic carbocycles. The van der Waals surface area contributed by atoms with Gasteiger partial charge in [-0.3, -0.25) is 0 Å². The first kappa shape index (κ1) is 23.4. The zero-order valence-corrected chi connectivity index (χ0v) is 16.4. The van der Waals surface area contributed by atoms with Crippen molar-refractivity contribution >= 4 is 17.9 Å². The van der Waals surface area contributed by atoms with Crippen LogP contribution in [0.25, 0.3) is 0 Å². The van der Waals surface area contributed by atoms with E-state index in [-0.39, 0.29) is 23.7 Å². The van der Waals surface area contributed by atoms with Crippen LogP contribution >= 0.6 is 0 Å². The Morgan fingerprint density at radius 1 is 1.00 bits per heavy atom. The van der Waals surface area contributed by atoms with Crippen molar-refractivity contribution in [1.29, 1.82) is 0 Å². The summed E-state index contributed by atoms with van der Waals surface area (Å²) in [4.78, 5) is 34.5. The topological polar surface area (TPSA) is 121 Å². The lowest BCUT2D eigenvalue weighted by Crippen LogP contribution is -2.18. The zero-order chi connectivity index (χ0) is 21.3. The molecule has 0 aliphatic rings. The molecular formula is C21H28O7. The molecule has 1 atom stereocenters. The molecular weight excluding hydrogens is 364 g/mol. The Hall–Kier alpha value is -2.67. The monoisotopic (exact) mass is 392 g/mol. The second-order valence-electron chi connectivity index (χ2n) is 6.85. The van der Waals surface area contributed by atoms with Crippen molar-refractivity contribution in [3.8, 4) is 0 Å². The number of hydrogen-bond acceptors (Lipinski definition) is 4. The van der Waals surface area contributed by atoms with Crippen LogP contribution in [0.4, 0.5) is 0 Å². The van der Waals surface area contributed by atoms with Crippen molar-refractivity contribution in [3.63, 3.8) is 0 Å².